The van der Waals surface area contributed by atoms with Gasteiger partial charge in [-0.3, -0.25) is 9.69 Å². The number of rotatable bonds is 1. The summed E-state index contributed by atoms with van der Waals surface area (Å²) >= 11 is 0. The minimum absolute atomic E-state index is 0.162. The summed E-state index contributed by atoms with van der Waals surface area (Å²) in [6.07, 6.45) is 7.79. The molecule has 0 unspecified atom stereocenters. The summed E-state index contributed by atoms with van der Waals surface area (Å²) in [4.78, 5) is 29.6. The summed E-state index contributed by atoms with van der Waals surface area (Å²) in [5, 5.41) is 0. The molecular formula is C23H32N2O3. The third-order valence-electron chi connectivity index (χ3n) is 6.34. The lowest BCUT2D eigenvalue weighted by atomic mass is 9.78. The molecule has 1 saturated carbocycles. The van der Waals surface area contributed by atoms with Crippen molar-refractivity contribution in [1.82, 2.24) is 4.90 Å². The van der Waals surface area contributed by atoms with Crippen LogP contribution in [0, 0.1) is 5.92 Å². The molecule has 4 rings (SSSR count). The number of ether oxygens (including phenoxy) is 1. The van der Waals surface area contributed by atoms with E-state index in [4.69, 9.17) is 4.74 Å². The number of hydrogen-bond acceptors (Lipinski definition) is 3. The second kappa shape index (κ2) is 7.41. The Kier molecular flexibility index (Phi) is 5.11. The first kappa shape index (κ1) is 19.3. The molecule has 2 heterocycles. The van der Waals surface area contributed by atoms with Gasteiger partial charge < -0.3 is 9.64 Å². The van der Waals surface area contributed by atoms with Crippen molar-refractivity contribution in [2.75, 3.05) is 18.0 Å². The Labute approximate surface area is 168 Å². The van der Waals surface area contributed by atoms with Crippen molar-refractivity contribution in [3.05, 3.63) is 29.3 Å². The Hall–Kier alpha value is -2.04. The molecule has 0 bridgehead atoms. The molecule has 3 aliphatic rings. The van der Waals surface area contributed by atoms with Gasteiger partial charge in [-0.15, -0.1) is 0 Å². The Morgan fingerprint density at radius 3 is 2.57 bits per heavy atom. The lowest BCUT2D eigenvalue weighted by molar-refractivity contribution is 0.0390. The molecule has 28 heavy (non-hydrogen) atoms. The molecule has 0 N–H and O–H groups in total. The van der Waals surface area contributed by atoms with Crippen molar-refractivity contribution in [2.24, 2.45) is 5.92 Å². The molecule has 1 aliphatic carbocycles. The third-order valence-corrected chi connectivity index (χ3v) is 6.34. The summed E-state index contributed by atoms with van der Waals surface area (Å²) in [7, 11) is 0. The summed E-state index contributed by atoms with van der Waals surface area (Å²) < 4.78 is 5.52. The van der Waals surface area contributed by atoms with Gasteiger partial charge in [-0.2, -0.15) is 0 Å². The SMILES string of the molecule is CC(C)(C)OC(=O)N1CCc2cc(C(=O)N3CCC[C@@H]4CCCC[C@H]43)ccc21. The minimum Gasteiger partial charge on any atom is -0.443 e. The molecule has 0 spiro atoms. The maximum atomic E-state index is 13.3. The van der Waals surface area contributed by atoms with Crippen molar-refractivity contribution in [3.8, 4) is 0 Å². The van der Waals surface area contributed by atoms with Crippen LogP contribution in [0.2, 0.25) is 0 Å². The maximum absolute atomic E-state index is 13.3. The third kappa shape index (κ3) is 3.76. The van der Waals surface area contributed by atoms with Crippen LogP contribution < -0.4 is 4.90 Å². The van der Waals surface area contributed by atoms with E-state index in [9.17, 15) is 9.59 Å². The quantitative estimate of drug-likeness (QED) is 0.700. The van der Waals surface area contributed by atoms with Crippen LogP contribution in [0.4, 0.5) is 10.5 Å². The Morgan fingerprint density at radius 2 is 1.79 bits per heavy atom. The fraction of sp³-hybridized carbons (Fsp3) is 0.652. The first-order chi connectivity index (χ1) is 13.3. The Balaban J connectivity index is 1.51. The van der Waals surface area contributed by atoms with Crippen molar-refractivity contribution in [3.63, 3.8) is 0 Å². The highest BCUT2D eigenvalue weighted by Gasteiger charge is 2.36. The van der Waals surface area contributed by atoms with E-state index in [-0.39, 0.29) is 12.0 Å². The van der Waals surface area contributed by atoms with E-state index in [2.05, 4.69) is 4.90 Å². The van der Waals surface area contributed by atoms with Gasteiger partial charge in [-0.25, -0.2) is 4.79 Å². The molecule has 1 aromatic carbocycles. The van der Waals surface area contributed by atoms with E-state index >= 15 is 0 Å². The van der Waals surface area contributed by atoms with E-state index in [1.165, 1.54) is 25.7 Å². The van der Waals surface area contributed by atoms with Crippen LogP contribution in [0.15, 0.2) is 18.2 Å². The van der Waals surface area contributed by atoms with Gasteiger partial charge in [0.25, 0.3) is 5.91 Å². The highest BCUT2D eigenvalue weighted by Crippen LogP contribution is 2.37. The van der Waals surface area contributed by atoms with Gasteiger partial charge in [0.05, 0.1) is 5.69 Å². The van der Waals surface area contributed by atoms with Gasteiger partial charge in [0.15, 0.2) is 0 Å². The first-order valence-corrected chi connectivity index (χ1v) is 10.8. The number of carbonyl (C=O) groups is 2. The van der Waals surface area contributed by atoms with E-state index in [1.807, 2.05) is 39.0 Å². The molecule has 1 saturated heterocycles. The fourth-order valence-electron chi connectivity index (χ4n) is 5.08. The molecular weight excluding hydrogens is 352 g/mol. The predicted molar refractivity (Wildman–Crippen MR) is 110 cm³/mol. The number of carbonyl (C=O) groups excluding carboxylic acids is 2. The van der Waals surface area contributed by atoms with Gasteiger partial charge >= 0.3 is 6.09 Å². The first-order valence-electron chi connectivity index (χ1n) is 10.8. The van der Waals surface area contributed by atoms with E-state index in [0.717, 1.165) is 42.6 Å². The van der Waals surface area contributed by atoms with Crippen LogP contribution in [-0.4, -0.2) is 41.6 Å². The number of piperidine rings is 1. The highest BCUT2D eigenvalue weighted by molar-refractivity contribution is 5.97. The number of fused-ring (bicyclic) bond motifs is 2. The van der Waals surface area contributed by atoms with Crippen LogP contribution >= 0.6 is 0 Å². The fourth-order valence-corrected chi connectivity index (χ4v) is 5.08. The van der Waals surface area contributed by atoms with Crippen molar-refractivity contribution >= 4 is 17.7 Å². The van der Waals surface area contributed by atoms with Crippen LogP contribution in [0.25, 0.3) is 0 Å². The number of hydrogen-bond donors (Lipinski definition) is 0. The van der Waals surface area contributed by atoms with Crippen molar-refractivity contribution < 1.29 is 14.3 Å². The van der Waals surface area contributed by atoms with E-state index < -0.39 is 5.60 Å². The molecule has 2 fully saturated rings. The topological polar surface area (TPSA) is 49.9 Å². The number of benzene rings is 1. The molecule has 0 radical (unpaired) electrons. The molecule has 2 aliphatic heterocycles. The van der Waals surface area contributed by atoms with E-state index in [0.29, 0.717) is 18.5 Å². The normalized spacial score (nSPS) is 24.5. The summed E-state index contributed by atoms with van der Waals surface area (Å²) in [5.41, 5.74) is 2.19. The largest absolute Gasteiger partial charge is 0.443 e. The maximum Gasteiger partial charge on any atom is 0.414 e. The minimum atomic E-state index is -0.513. The zero-order valence-electron chi connectivity index (χ0n) is 17.4. The summed E-state index contributed by atoms with van der Waals surface area (Å²) in [6, 6.07) is 6.22. The lowest BCUT2D eigenvalue weighted by Crippen LogP contribution is -2.49. The van der Waals surface area contributed by atoms with Gasteiger partial charge in [0.2, 0.25) is 0 Å². The molecule has 5 nitrogen and oxygen atoms in total. The monoisotopic (exact) mass is 384 g/mol. The van der Waals surface area contributed by atoms with Gasteiger partial charge in [0, 0.05) is 24.7 Å². The van der Waals surface area contributed by atoms with Crippen LogP contribution in [0.5, 0.6) is 0 Å². The van der Waals surface area contributed by atoms with Crippen LogP contribution in [-0.2, 0) is 11.2 Å². The predicted octanol–water partition coefficient (Wildman–Crippen LogP) is 4.78. The van der Waals surface area contributed by atoms with Gasteiger partial charge in [-0.05, 0) is 82.6 Å². The number of likely N-dealkylation sites (tertiary alicyclic amines) is 1. The second-order valence-electron chi connectivity index (χ2n) is 9.48. The van der Waals surface area contributed by atoms with Crippen LogP contribution in [0.3, 0.4) is 0 Å². The second-order valence-corrected chi connectivity index (χ2v) is 9.48. The number of nitrogens with zero attached hydrogens (tertiary/aromatic N) is 2. The zero-order chi connectivity index (χ0) is 19.9. The van der Waals surface area contributed by atoms with Gasteiger partial charge in [-0.1, -0.05) is 12.8 Å². The highest BCUT2D eigenvalue weighted by atomic mass is 16.6. The average molecular weight is 385 g/mol. The molecule has 2 atom stereocenters. The number of amides is 2. The van der Waals surface area contributed by atoms with Crippen LogP contribution in [0.1, 0.15) is 75.2 Å². The average Bonchev–Trinajstić information content (AvgIpc) is 3.09. The number of anilines is 1. The standard InChI is InChI=1S/C23H32N2O3/c1-23(2,3)28-22(27)25-14-12-17-15-18(10-11-20(17)25)21(26)24-13-6-8-16-7-4-5-9-19(16)24/h10-11,15-16,19H,4-9,12-14H2,1-3H3/t16-,19+/m0/s1. The van der Waals surface area contributed by atoms with Crippen molar-refractivity contribution in [2.45, 2.75) is 77.4 Å². The molecule has 152 valence electrons. The smallest absolute Gasteiger partial charge is 0.414 e. The molecule has 2 amide bonds. The zero-order valence-corrected chi connectivity index (χ0v) is 17.4. The summed E-state index contributed by atoms with van der Waals surface area (Å²) in [6.45, 7) is 7.11. The Bertz CT molecular complexity index is 766. The molecule has 5 heteroatoms. The van der Waals surface area contributed by atoms with Gasteiger partial charge in [0.1, 0.15) is 5.60 Å². The molecule has 0 aromatic heterocycles. The Morgan fingerprint density at radius 1 is 1.04 bits per heavy atom. The van der Waals surface area contributed by atoms with E-state index in [1.54, 1.807) is 4.90 Å². The summed E-state index contributed by atoms with van der Waals surface area (Å²) in [5.74, 6) is 0.846. The lowest BCUT2D eigenvalue weighted by Gasteiger charge is -2.44. The van der Waals surface area contributed by atoms with Crippen molar-refractivity contribution in [1.29, 1.82) is 0 Å². The molecule has 1 aromatic rings.